The topological polar surface area (TPSA) is 76.7 Å². The van der Waals surface area contributed by atoms with Gasteiger partial charge in [0, 0.05) is 11.1 Å². The van der Waals surface area contributed by atoms with Gasteiger partial charge in [-0.2, -0.15) is 0 Å². The zero-order chi connectivity index (χ0) is 24.7. The molecule has 3 aromatic rings. The number of benzene rings is 3. The Hall–Kier alpha value is -3.94. The average Bonchev–Trinajstić information content (AvgIpc) is 2.82. The molecular weight excluding hydrogens is 442 g/mol. The van der Waals surface area contributed by atoms with Gasteiger partial charge in [-0.3, -0.25) is 9.59 Å². The van der Waals surface area contributed by atoms with Crippen molar-refractivity contribution in [1.82, 2.24) is 10.6 Å². The van der Waals surface area contributed by atoms with Gasteiger partial charge in [-0.05, 0) is 72.1 Å². The van der Waals surface area contributed by atoms with Crippen molar-refractivity contribution in [1.29, 1.82) is 0 Å². The van der Waals surface area contributed by atoms with E-state index in [9.17, 15) is 18.4 Å². The van der Waals surface area contributed by atoms with E-state index in [-0.39, 0.29) is 17.0 Å². The van der Waals surface area contributed by atoms with Crippen LogP contribution in [0.5, 0.6) is 11.5 Å². The molecule has 0 bridgehead atoms. The van der Waals surface area contributed by atoms with E-state index in [0.29, 0.717) is 23.7 Å². The maximum absolute atomic E-state index is 13.3. The lowest BCUT2D eigenvalue weighted by molar-refractivity contribution is 0.0883. The predicted octanol–water partition coefficient (Wildman–Crippen LogP) is 4.87. The second-order valence-electron chi connectivity index (χ2n) is 8.01. The lowest BCUT2D eigenvalue weighted by Gasteiger charge is -2.22. The molecule has 0 atom stereocenters. The molecular formula is C26H26F2N2O4. The van der Waals surface area contributed by atoms with Crippen LogP contribution in [0.3, 0.4) is 0 Å². The minimum Gasteiger partial charge on any atom is -0.493 e. The van der Waals surface area contributed by atoms with Gasteiger partial charge in [-0.25, -0.2) is 8.78 Å². The smallest absolute Gasteiger partial charge is 0.253 e. The molecule has 3 rings (SSSR count). The molecule has 8 heteroatoms. The number of nitrogens with one attached hydrogen (secondary N) is 2. The Kier molecular flexibility index (Phi) is 8.19. The number of carbonyl (C=O) groups excluding carboxylic acids is 2. The molecule has 6 nitrogen and oxygen atoms in total. The SMILES string of the molecule is COc1ccc(C(NC(=O)c2ccc(F)cc2)NC(=O)c2ccc(F)cc2)cc1OCC(C)C. The second kappa shape index (κ2) is 11.3. The normalized spacial score (nSPS) is 10.8. The Balaban J connectivity index is 1.92. The fourth-order valence-corrected chi connectivity index (χ4v) is 3.08. The van der Waals surface area contributed by atoms with E-state index >= 15 is 0 Å². The van der Waals surface area contributed by atoms with Gasteiger partial charge in [-0.15, -0.1) is 0 Å². The number of methoxy groups -OCH3 is 1. The standard InChI is InChI=1S/C26H26F2N2O4/c1-16(2)15-34-23-14-19(8-13-22(23)33-3)24(29-25(31)17-4-9-20(27)10-5-17)30-26(32)18-6-11-21(28)12-7-18/h4-14,16,24H,15H2,1-3H3,(H,29,31)(H,30,32). The number of amides is 2. The van der Waals surface area contributed by atoms with Crippen molar-refractivity contribution in [2.45, 2.75) is 20.0 Å². The van der Waals surface area contributed by atoms with Crippen LogP contribution in [0.4, 0.5) is 8.78 Å². The Morgan fingerprint density at radius 2 is 1.29 bits per heavy atom. The summed E-state index contributed by atoms with van der Waals surface area (Å²) in [5.41, 5.74) is 0.949. The number of ether oxygens (including phenoxy) is 2. The van der Waals surface area contributed by atoms with E-state index < -0.39 is 29.6 Å². The van der Waals surface area contributed by atoms with Gasteiger partial charge < -0.3 is 20.1 Å². The molecule has 0 aliphatic carbocycles. The van der Waals surface area contributed by atoms with Gasteiger partial charge in [0.25, 0.3) is 11.8 Å². The number of rotatable bonds is 9. The van der Waals surface area contributed by atoms with Crippen LogP contribution >= 0.6 is 0 Å². The van der Waals surface area contributed by atoms with Crippen LogP contribution in [-0.4, -0.2) is 25.5 Å². The third-order valence-electron chi connectivity index (χ3n) is 4.86. The Bertz CT molecular complexity index is 1070. The van der Waals surface area contributed by atoms with Crippen molar-refractivity contribution in [3.63, 3.8) is 0 Å². The minimum atomic E-state index is -0.970. The maximum Gasteiger partial charge on any atom is 0.253 e. The molecule has 0 saturated heterocycles. The molecule has 3 aromatic carbocycles. The first-order chi connectivity index (χ1) is 16.3. The van der Waals surface area contributed by atoms with Gasteiger partial charge in [0.15, 0.2) is 11.5 Å². The molecule has 2 N–H and O–H groups in total. The van der Waals surface area contributed by atoms with Crippen LogP contribution in [0, 0.1) is 17.6 Å². The fourth-order valence-electron chi connectivity index (χ4n) is 3.08. The molecule has 0 aliphatic rings. The lowest BCUT2D eigenvalue weighted by Crippen LogP contribution is -2.41. The molecule has 0 radical (unpaired) electrons. The zero-order valence-electron chi connectivity index (χ0n) is 19.1. The minimum absolute atomic E-state index is 0.215. The van der Waals surface area contributed by atoms with Gasteiger partial charge >= 0.3 is 0 Å². The molecule has 178 valence electrons. The van der Waals surface area contributed by atoms with Crippen molar-refractivity contribution in [3.8, 4) is 11.5 Å². The molecule has 2 amide bonds. The van der Waals surface area contributed by atoms with Crippen LogP contribution in [0.15, 0.2) is 66.7 Å². The summed E-state index contributed by atoms with van der Waals surface area (Å²) >= 11 is 0. The van der Waals surface area contributed by atoms with E-state index in [2.05, 4.69) is 10.6 Å². The van der Waals surface area contributed by atoms with E-state index in [1.165, 1.54) is 55.6 Å². The maximum atomic E-state index is 13.3. The first-order valence-electron chi connectivity index (χ1n) is 10.7. The van der Waals surface area contributed by atoms with Crippen LogP contribution < -0.4 is 20.1 Å². The summed E-state index contributed by atoms with van der Waals surface area (Å²) in [6.45, 7) is 4.45. The van der Waals surface area contributed by atoms with Crippen molar-refractivity contribution in [2.24, 2.45) is 5.92 Å². The Morgan fingerprint density at radius 3 is 1.74 bits per heavy atom. The summed E-state index contributed by atoms with van der Waals surface area (Å²) in [5.74, 6) is -0.779. The highest BCUT2D eigenvalue weighted by Crippen LogP contribution is 2.30. The van der Waals surface area contributed by atoms with E-state index in [1.54, 1.807) is 18.2 Å². The van der Waals surface area contributed by atoms with Gasteiger partial charge in [0.2, 0.25) is 0 Å². The van der Waals surface area contributed by atoms with Gasteiger partial charge in [-0.1, -0.05) is 19.9 Å². The summed E-state index contributed by atoms with van der Waals surface area (Å²) in [6.07, 6.45) is -0.970. The summed E-state index contributed by atoms with van der Waals surface area (Å²) in [7, 11) is 1.52. The summed E-state index contributed by atoms with van der Waals surface area (Å²) in [4.78, 5) is 25.7. The van der Waals surface area contributed by atoms with Crippen LogP contribution in [-0.2, 0) is 0 Å². The lowest BCUT2D eigenvalue weighted by atomic mass is 10.1. The monoisotopic (exact) mass is 468 g/mol. The molecule has 0 fully saturated rings. The largest absolute Gasteiger partial charge is 0.493 e. The van der Waals surface area contributed by atoms with Crippen LogP contribution in [0.2, 0.25) is 0 Å². The number of hydrogen-bond donors (Lipinski definition) is 2. The first-order valence-corrected chi connectivity index (χ1v) is 10.7. The summed E-state index contributed by atoms with van der Waals surface area (Å²) in [5, 5.41) is 5.49. The first kappa shape index (κ1) is 24.7. The van der Waals surface area contributed by atoms with Gasteiger partial charge in [0.1, 0.15) is 17.8 Å². The summed E-state index contributed by atoms with van der Waals surface area (Å²) in [6, 6.07) is 15.1. The average molecular weight is 469 g/mol. The number of hydrogen-bond acceptors (Lipinski definition) is 4. The van der Waals surface area contributed by atoms with Crippen molar-refractivity contribution >= 4 is 11.8 Å². The number of halogens is 2. The molecule has 0 saturated carbocycles. The van der Waals surface area contributed by atoms with E-state index in [1.807, 2.05) is 13.8 Å². The highest BCUT2D eigenvalue weighted by atomic mass is 19.1. The molecule has 0 spiro atoms. The van der Waals surface area contributed by atoms with Crippen molar-refractivity contribution < 1.29 is 27.8 Å². The van der Waals surface area contributed by atoms with Crippen molar-refractivity contribution in [3.05, 3.63) is 95.1 Å². The van der Waals surface area contributed by atoms with Crippen molar-refractivity contribution in [2.75, 3.05) is 13.7 Å². The van der Waals surface area contributed by atoms with E-state index in [0.717, 1.165) is 0 Å². The van der Waals surface area contributed by atoms with Gasteiger partial charge in [0.05, 0.1) is 13.7 Å². The second-order valence-corrected chi connectivity index (χ2v) is 8.01. The zero-order valence-corrected chi connectivity index (χ0v) is 19.1. The molecule has 34 heavy (non-hydrogen) atoms. The summed E-state index contributed by atoms with van der Waals surface area (Å²) < 4.78 is 37.8. The Morgan fingerprint density at radius 1 is 0.794 bits per heavy atom. The molecule has 0 aromatic heterocycles. The highest BCUT2D eigenvalue weighted by molar-refractivity contribution is 5.96. The van der Waals surface area contributed by atoms with E-state index in [4.69, 9.17) is 9.47 Å². The third kappa shape index (κ3) is 6.54. The molecule has 0 unspecified atom stereocenters. The van der Waals surface area contributed by atoms with Crippen LogP contribution in [0.1, 0.15) is 46.3 Å². The highest BCUT2D eigenvalue weighted by Gasteiger charge is 2.21. The third-order valence-corrected chi connectivity index (χ3v) is 4.86. The van der Waals surface area contributed by atoms with Crippen LogP contribution in [0.25, 0.3) is 0 Å². The quantitative estimate of drug-likeness (QED) is 0.440. The number of carbonyl (C=O) groups is 2. The fraction of sp³-hybridized carbons (Fsp3) is 0.231. The molecule has 0 heterocycles. The predicted molar refractivity (Wildman–Crippen MR) is 124 cm³/mol. The Labute approximate surface area is 196 Å². The molecule has 0 aliphatic heterocycles.